The Labute approximate surface area is 123 Å². The summed E-state index contributed by atoms with van der Waals surface area (Å²) >= 11 is 5.96. The van der Waals surface area contributed by atoms with Crippen molar-refractivity contribution in [2.24, 2.45) is 5.73 Å². The fourth-order valence-electron chi connectivity index (χ4n) is 1.61. The van der Waals surface area contributed by atoms with Gasteiger partial charge in [0.25, 0.3) is 5.91 Å². The molecule has 1 unspecified atom stereocenters. The number of benzene rings is 1. The van der Waals surface area contributed by atoms with E-state index >= 15 is 0 Å². The monoisotopic (exact) mass is 295 g/mol. The van der Waals surface area contributed by atoms with Crippen LogP contribution in [0, 0.1) is 11.3 Å². The van der Waals surface area contributed by atoms with E-state index in [1.807, 2.05) is 13.0 Å². The SMILES string of the molecule is CCC(N)Cc1cc(Cl)ccc1OCC(=O)NCC#N. The molecule has 0 saturated carbocycles. The highest BCUT2D eigenvalue weighted by atomic mass is 35.5. The molecule has 0 aliphatic carbocycles. The van der Waals surface area contributed by atoms with E-state index in [1.165, 1.54) is 0 Å². The van der Waals surface area contributed by atoms with Crippen LogP contribution in [0.5, 0.6) is 5.75 Å². The maximum Gasteiger partial charge on any atom is 0.258 e. The number of nitrogens with two attached hydrogens (primary N) is 1. The van der Waals surface area contributed by atoms with Crippen LogP contribution in [0.1, 0.15) is 18.9 Å². The molecule has 0 aromatic heterocycles. The van der Waals surface area contributed by atoms with Crippen LogP contribution in [0.15, 0.2) is 18.2 Å². The first kappa shape index (κ1) is 16.3. The van der Waals surface area contributed by atoms with E-state index in [4.69, 9.17) is 27.3 Å². The van der Waals surface area contributed by atoms with Crippen molar-refractivity contribution in [2.45, 2.75) is 25.8 Å². The summed E-state index contributed by atoms with van der Waals surface area (Å²) < 4.78 is 5.46. The molecule has 0 saturated heterocycles. The molecule has 3 N–H and O–H groups in total. The Morgan fingerprint density at radius 1 is 1.60 bits per heavy atom. The second kappa shape index (κ2) is 8.41. The van der Waals surface area contributed by atoms with Gasteiger partial charge in [-0.3, -0.25) is 4.79 Å². The van der Waals surface area contributed by atoms with Gasteiger partial charge in [-0.1, -0.05) is 18.5 Å². The van der Waals surface area contributed by atoms with E-state index in [9.17, 15) is 4.79 Å². The number of ether oxygens (including phenoxy) is 1. The molecule has 0 radical (unpaired) electrons. The number of carbonyl (C=O) groups excluding carboxylic acids is 1. The lowest BCUT2D eigenvalue weighted by Gasteiger charge is -2.14. The molecule has 0 aliphatic heterocycles. The van der Waals surface area contributed by atoms with Crippen molar-refractivity contribution in [1.82, 2.24) is 5.32 Å². The van der Waals surface area contributed by atoms with Gasteiger partial charge in [-0.2, -0.15) is 5.26 Å². The van der Waals surface area contributed by atoms with Gasteiger partial charge in [0.05, 0.1) is 6.07 Å². The Bertz CT molecular complexity index is 500. The molecule has 1 aromatic rings. The normalized spacial score (nSPS) is 11.5. The lowest BCUT2D eigenvalue weighted by atomic mass is 10.0. The third-order valence-electron chi connectivity index (χ3n) is 2.75. The summed E-state index contributed by atoms with van der Waals surface area (Å²) in [6, 6.07) is 7.06. The Morgan fingerprint density at radius 2 is 2.35 bits per heavy atom. The van der Waals surface area contributed by atoms with Crippen LogP contribution in [0.2, 0.25) is 5.02 Å². The lowest BCUT2D eigenvalue weighted by Crippen LogP contribution is -2.29. The third kappa shape index (κ3) is 5.47. The van der Waals surface area contributed by atoms with Crippen LogP contribution in [-0.2, 0) is 11.2 Å². The first-order valence-corrected chi connectivity index (χ1v) is 6.75. The van der Waals surface area contributed by atoms with Crippen LogP contribution in [0.25, 0.3) is 0 Å². The molecule has 0 fully saturated rings. The van der Waals surface area contributed by atoms with Crippen molar-refractivity contribution in [3.8, 4) is 11.8 Å². The quantitative estimate of drug-likeness (QED) is 0.749. The fourth-order valence-corrected chi connectivity index (χ4v) is 1.80. The molecule has 0 bridgehead atoms. The number of nitriles is 1. The molecule has 20 heavy (non-hydrogen) atoms. The maximum atomic E-state index is 11.4. The van der Waals surface area contributed by atoms with E-state index in [-0.39, 0.29) is 25.1 Å². The molecule has 1 rings (SSSR count). The summed E-state index contributed by atoms with van der Waals surface area (Å²) in [4.78, 5) is 11.4. The summed E-state index contributed by atoms with van der Waals surface area (Å²) in [5.41, 5.74) is 6.81. The second-order valence-electron chi connectivity index (χ2n) is 4.35. The van der Waals surface area contributed by atoms with E-state index in [1.54, 1.807) is 18.2 Å². The maximum absolute atomic E-state index is 11.4. The zero-order valence-corrected chi connectivity index (χ0v) is 12.1. The van der Waals surface area contributed by atoms with Gasteiger partial charge in [-0.15, -0.1) is 0 Å². The molecular weight excluding hydrogens is 278 g/mol. The van der Waals surface area contributed by atoms with E-state index in [0.29, 0.717) is 17.2 Å². The number of carbonyl (C=O) groups is 1. The molecule has 1 atom stereocenters. The van der Waals surface area contributed by atoms with Crippen LogP contribution in [0.3, 0.4) is 0 Å². The molecular formula is C14H18ClN3O2. The van der Waals surface area contributed by atoms with Crippen LogP contribution < -0.4 is 15.8 Å². The van der Waals surface area contributed by atoms with Gasteiger partial charge >= 0.3 is 0 Å². The predicted octanol–water partition coefficient (Wildman–Crippen LogP) is 1.64. The Kier molecular flexibility index (Phi) is 6.85. The lowest BCUT2D eigenvalue weighted by molar-refractivity contribution is -0.122. The van der Waals surface area contributed by atoms with Gasteiger partial charge in [-0.05, 0) is 36.6 Å². The zero-order valence-electron chi connectivity index (χ0n) is 11.4. The number of halogens is 1. The van der Waals surface area contributed by atoms with Crippen LogP contribution in [0.4, 0.5) is 0 Å². The van der Waals surface area contributed by atoms with Gasteiger partial charge in [0.2, 0.25) is 0 Å². The molecule has 6 heteroatoms. The van der Waals surface area contributed by atoms with E-state index < -0.39 is 0 Å². The minimum absolute atomic E-state index is 0.0169. The topological polar surface area (TPSA) is 88.1 Å². The van der Waals surface area contributed by atoms with Crippen molar-refractivity contribution in [2.75, 3.05) is 13.2 Å². The van der Waals surface area contributed by atoms with Crippen molar-refractivity contribution in [3.63, 3.8) is 0 Å². The molecule has 0 spiro atoms. The standard InChI is InChI=1S/C14H18ClN3O2/c1-2-12(17)8-10-7-11(15)3-4-13(10)20-9-14(19)18-6-5-16/h3-4,7,12H,2,6,8-9,17H2,1H3,(H,18,19). The zero-order chi connectivity index (χ0) is 15.0. The van der Waals surface area contributed by atoms with Gasteiger partial charge in [0.15, 0.2) is 6.61 Å². The highest BCUT2D eigenvalue weighted by molar-refractivity contribution is 6.30. The van der Waals surface area contributed by atoms with Gasteiger partial charge < -0.3 is 15.8 Å². The van der Waals surface area contributed by atoms with Gasteiger partial charge in [-0.25, -0.2) is 0 Å². The Morgan fingerprint density at radius 3 is 3.00 bits per heavy atom. The predicted molar refractivity (Wildman–Crippen MR) is 77.5 cm³/mol. The van der Waals surface area contributed by atoms with E-state index in [0.717, 1.165) is 12.0 Å². The molecule has 5 nitrogen and oxygen atoms in total. The van der Waals surface area contributed by atoms with Gasteiger partial charge in [0.1, 0.15) is 12.3 Å². The summed E-state index contributed by atoms with van der Waals surface area (Å²) in [6.07, 6.45) is 1.47. The third-order valence-corrected chi connectivity index (χ3v) is 2.99. The number of rotatable bonds is 7. The van der Waals surface area contributed by atoms with Crippen molar-refractivity contribution < 1.29 is 9.53 Å². The second-order valence-corrected chi connectivity index (χ2v) is 4.78. The number of hydrogen-bond acceptors (Lipinski definition) is 4. The summed E-state index contributed by atoms with van der Waals surface area (Å²) in [5.74, 6) is 0.248. The minimum atomic E-state index is -0.341. The van der Waals surface area contributed by atoms with Crippen molar-refractivity contribution in [3.05, 3.63) is 28.8 Å². The van der Waals surface area contributed by atoms with Crippen molar-refractivity contribution in [1.29, 1.82) is 5.26 Å². The average Bonchev–Trinajstić information content (AvgIpc) is 2.44. The largest absolute Gasteiger partial charge is 0.483 e. The van der Waals surface area contributed by atoms with Crippen LogP contribution >= 0.6 is 11.6 Å². The first-order chi connectivity index (χ1) is 9.56. The number of hydrogen-bond donors (Lipinski definition) is 2. The fraction of sp³-hybridized carbons (Fsp3) is 0.429. The number of amides is 1. The Balaban J connectivity index is 2.69. The Hall–Kier alpha value is -1.77. The molecule has 1 aromatic carbocycles. The summed E-state index contributed by atoms with van der Waals surface area (Å²) in [5, 5.41) is 11.4. The summed E-state index contributed by atoms with van der Waals surface area (Å²) in [6.45, 7) is 1.83. The van der Waals surface area contributed by atoms with Gasteiger partial charge in [0, 0.05) is 11.1 Å². The van der Waals surface area contributed by atoms with E-state index in [2.05, 4.69) is 5.32 Å². The number of nitrogens with zero attached hydrogens (tertiary/aromatic N) is 1. The molecule has 1 amide bonds. The first-order valence-electron chi connectivity index (χ1n) is 6.37. The molecule has 108 valence electrons. The highest BCUT2D eigenvalue weighted by Crippen LogP contribution is 2.24. The highest BCUT2D eigenvalue weighted by Gasteiger charge is 2.10. The smallest absolute Gasteiger partial charge is 0.258 e. The molecule has 0 aliphatic rings. The summed E-state index contributed by atoms with van der Waals surface area (Å²) in [7, 11) is 0. The minimum Gasteiger partial charge on any atom is -0.483 e. The molecule has 0 heterocycles. The van der Waals surface area contributed by atoms with Crippen molar-refractivity contribution >= 4 is 17.5 Å². The average molecular weight is 296 g/mol. The van der Waals surface area contributed by atoms with Crippen LogP contribution in [-0.4, -0.2) is 25.1 Å². The number of nitrogens with one attached hydrogen (secondary N) is 1.